The van der Waals surface area contributed by atoms with E-state index < -0.39 is 0 Å². The molecular formula is C26H31N5O3S. The number of hydrogen-bond donors (Lipinski definition) is 0. The monoisotopic (exact) mass is 493 g/mol. The fourth-order valence-corrected chi connectivity index (χ4v) is 5.42. The summed E-state index contributed by atoms with van der Waals surface area (Å²) < 4.78 is 5.39. The van der Waals surface area contributed by atoms with Crippen LogP contribution in [0.3, 0.4) is 0 Å². The van der Waals surface area contributed by atoms with Gasteiger partial charge in [0, 0.05) is 52.1 Å². The maximum Gasteiger partial charge on any atom is 0.228 e. The lowest BCUT2D eigenvalue weighted by molar-refractivity contribution is -0.137. The predicted molar refractivity (Wildman–Crippen MR) is 134 cm³/mol. The molecule has 2 saturated heterocycles. The Morgan fingerprint density at radius 2 is 1.94 bits per heavy atom. The molecule has 2 aliphatic rings. The van der Waals surface area contributed by atoms with Gasteiger partial charge < -0.3 is 14.3 Å². The molecule has 8 nitrogen and oxygen atoms in total. The van der Waals surface area contributed by atoms with E-state index in [4.69, 9.17) is 4.52 Å². The molecular weight excluding hydrogens is 462 g/mol. The molecule has 4 heterocycles. The highest BCUT2D eigenvalue weighted by Crippen LogP contribution is 2.24. The second kappa shape index (κ2) is 10.7. The first-order valence-electron chi connectivity index (χ1n) is 12.3. The zero-order chi connectivity index (χ0) is 24.2. The van der Waals surface area contributed by atoms with Crippen LogP contribution in [-0.2, 0) is 22.6 Å². The van der Waals surface area contributed by atoms with Gasteiger partial charge in [-0.25, -0.2) is 0 Å². The summed E-state index contributed by atoms with van der Waals surface area (Å²) in [4.78, 5) is 37.3. The standard InChI is InChI=1S/C26H31N5O3S/c1-19-6-8-20(9-7-19)17-31-18-21(16-24(31)32)26(33)30-13-11-29(12-14-30)10-2-5-23-27-25(28-34-23)22-4-3-15-35-22/h3-4,6-9,15,21H,2,5,10-14,16-18H2,1H3. The van der Waals surface area contributed by atoms with Crippen molar-refractivity contribution in [3.63, 3.8) is 0 Å². The van der Waals surface area contributed by atoms with Gasteiger partial charge in [-0.15, -0.1) is 11.3 Å². The Balaban J connectivity index is 1.04. The minimum atomic E-state index is -0.227. The van der Waals surface area contributed by atoms with Crippen molar-refractivity contribution in [3.8, 4) is 10.7 Å². The highest BCUT2D eigenvalue weighted by Gasteiger charge is 2.37. The summed E-state index contributed by atoms with van der Waals surface area (Å²) in [5.41, 5.74) is 2.31. The van der Waals surface area contributed by atoms with Gasteiger partial charge >= 0.3 is 0 Å². The van der Waals surface area contributed by atoms with Crippen molar-refractivity contribution in [2.45, 2.75) is 32.7 Å². The van der Waals surface area contributed by atoms with Crippen molar-refractivity contribution >= 4 is 23.2 Å². The molecule has 2 aromatic heterocycles. The van der Waals surface area contributed by atoms with Crippen LogP contribution in [0.1, 0.15) is 29.9 Å². The molecule has 2 fully saturated rings. The fourth-order valence-electron chi connectivity index (χ4n) is 4.77. The molecule has 0 saturated carbocycles. The third kappa shape index (κ3) is 5.79. The van der Waals surface area contributed by atoms with Crippen LogP contribution in [0.2, 0.25) is 0 Å². The number of carbonyl (C=O) groups is 2. The summed E-state index contributed by atoms with van der Waals surface area (Å²) in [6.07, 6.45) is 2.01. The zero-order valence-corrected chi connectivity index (χ0v) is 20.9. The van der Waals surface area contributed by atoms with Crippen LogP contribution in [0.4, 0.5) is 0 Å². The van der Waals surface area contributed by atoms with Gasteiger partial charge in [-0.1, -0.05) is 41.1 Å². The van der Waals surface area contributed by atoms with Crippen molar-refractivity contribution in [2.24, 2.45) is 5.92 Å². The first kappa shape index (κ1) is 23.7. The summed E-state index contributed by atoms with van der Waals surface area (Å²) >= 11 is 1.60. The molecule has 9 heteroatoms. The molecule has 0 spiro atoms. The fraction of sp³-hybridized carbons (Fsp3) is 0.462. The number of benzene rings is 1. The highest BCUT2D eigenvalue weighted by molar-refractivity contribution is 7.13. The molecule has 0 N–H and O–H groups in total. The van der Waals surface area contributed by atoms with Crippen LogP contribution < -0.4 is 0 Å². The third-order valence-corrected chi connectivity index (χ3v) is 7.68. The Morgan fingerprint density at radius 1 is 1.14 bits per heavy atom. The summed E-state index contributed by atoms with van der Waals surface area (Å²) in [6, 6.07) is 12.2. The van der Waals surface area contributed by atoms with Crippen LogP contribution in [0.25, 0.3) is 10.7 Å². The van der Waals surface area contributed by atoms with Crippen molar-refractivity contribution < 1.29 is 14.1 Å². The summed E-state index contributed by atoms with van der Waals surface area (Å²) in [6.45, 7) is 7.21. The number of likely N-dealkylation sites (tertiary alicyclic amines) is 1. The number of carbonyl (C=O) groups excluding carboxylic acids is 2. The van der Waals surface area contributed by atoms with E-state index in [0.717, 1.165) is 42.9 Å². The predicted octanol–water partition coefficient (Wildman–Crippen LogP) is 3.23. The number of nitrogens with zero attached hydrogens (tertiary/aromatic N) is 5. The maximum atomic E-state index is 13.1. The quantitative estimate of drug-likeness (QED) is 0.479. The molecule has 1 aromatic carbocycles. The van der Waals surface area contributed by atoms with Crippen LogP contribution in [0.5, 0.6) is 0 Å². The first-order chi connectivity index (χ1) is 17.0. The van der Waals surface area contributed by atoms with E-state index in [9.17, 15) is 9.59 Å². The smallest absolute Gasteiger partial charge is 0.228 e. The van der Waals surface area contributed by atoms with Crippen LogP contribution in [0, 0.1) is 12.8 Å². The number of rotatable bonds is 8. The number of piperazine rings is 1. The Morgan fingerprint density at radius 3 is 2.69 bits per heavy atom. The molecule has 184 valence electrons. The van der Waals surface area contributed by atoms with Gasteiger partial charge in [-0.2, -0.15) is 4.98 Å². The van der Waals surface area contributed by atoms with Crippen molar-refractivity contribution in [1.82, 2.24) is 24.8 Å². The van der Waals surface area contributed by atoms with Crippen LogP contribution in [0.15, 0.2) is 46.3 Å². The van der Waals surface area contributed by atoms with E-state index in [1.807, 2.05) is 27.3 Å². The number of hydrogen-bond acceptors (Lipinski definition) is 7. The molecule has 0 aliphatic carbocycles. The van der Waals surface area contributed by atoms with E-state index in [-0.39, 0.29) is 17.7 Å². The molecule has 0 radical (unpaired) electrons. The minimum Gasteiger partial charge on any atom is -0.340 e. The minimum absolute atomic E-state index is 0.0748. The summed E-state index contributed by atoms with van der Waals surface area (Å²) in [5, 5.41) is 6.07. The van der Waals surface area contributed by atoms with Gasteiger partial charge in [0.2, 0.25) is 23.5 Å². The molecule has 3 aromatic rings. The third-order valence-electron chi connectivity index (χ3n) is 6.82. The topological polar surface area (TPSA) is 82.8 Å². The molecule has 2 aliphatic heterocycles. The second-order valence-corrected chi connectivity index (χ2v) is 10.4. The lowest BCUT2D eigenvalue weighted by atomic mass is 10.1. The lowest BCUT2D eigenvalue weighted by Gasteiger charge is -2.35. The average molecular weight is 494 g/mol. The van der Waals surface area contributed by atoms with Gasteiger partial charge in [0.15, 0.2) is 0 Å². The zero-order valence-electron chi connectivity index (χ0n) is 20.1. The van der Waals surface area contributed by atoms with E-state index >= 15 is 0 Å². The van der Waals surface area contributed by atoms with Crippen LogP contribution >= 0.6 is 11.3 Å². The Kier molecular flexibility index (Phi) is 7.24. The number of thiophene rings is 1. The first-order valence-corrected chi connectivity index (χ1v) is 13.1. The average Bonchev–Trinajstić information content (AvgIpc) is 3.63. The summed E-state index contributed by atoms with van der Waals surface area (Å²) in [5.74, 6) is 1.30. The largest absolute Gasteiger partial charge is 0.340 e. The maximum absolute atomic E-state index is 13.1. The second-order valence-electron chi connectivity index (χ2n) is 9.42. The van der Waals surface area contributed by atoms with E-state index in [1.165, 1.54) is 5.56 Å². The lowest BCUT2D eigenvalue weighted by Crippen LogP contribution is -2.50. The van der Waals surface area contributed by atoms with E-state index in [2.05, 4.69) is 46.2 Å². The number of aryl methyl sites for hydroxylation is 2. The van der Waals surface area contributed by atoms with Gasteiger partial charge in [-0.05, 0) is 36.9 Å². The normalized spacial score (nSPS) is 19.0. The molecule has 1 atom stereocenters. The van der Waals surface area contributed by atoms with Gasteiger partial charge in [0.25, 0.3) is 0 Å². The number of amides is 2. The molecule has 0 bridgehead atoms. The van der Waals surface area contributed by atoms with Crippen molar-refractivity contribution in [2.75, 3.05) is 39.3 Å². The van der Waals surface area contributed by atoms with E-state index in [0.29, 0.717) is 44.3 Å². The number of aromatic nitrogens is 2. The molecule has 35 heavy (non-hydrogen) atoms. The Hall–Kier alpha value is -3.04. The SMILES string of the molecule is Cc1ccc(CN2CC(C(=O)N3CCN(CCCc4nc(-c5cccs5)no4)CC3)CC2=O)cc1. The molecule has 2 amide bonds. The Bertz CT molecular complexity index is 1140. The van der Waals surface area contributed by atoms with Gasteiger partial charge in [0.1, 0.15) is 0 Å². The van der Waals surface area contributed by atoms with Gasteiger partial charge in [0.05, 0.1) is 10.8 Å². The van der Waals surface area contributed by atoms with Crippen molar-refractivity contribution in [3.05, 3.63) is 58.8 Å². The molecule has 5 rings (SSSR count). The van der Waals surface area contributed by atoms with Crippen LogP contribution in [-0.4, -0.2) is 75.9 Å². The van der Waals surface area contributed by atoms with Gasteiger partial charge in [-0.3, -0.25) is 14.5 Å². The Labute approximate surface area is 209 Å². The van der Waals surface area contributed by atoms with E-state index in [1.54, 1.807) is 11.3 Å². The molecule has 1 unspecified atom stereocenters. The highest BCUT2D eigenvalue weighted by atomic mass is 32.1. The van der Waals surface area contributed by atoms with Crippen molar-refractivity contribution in [1.29, 1.82) is 0 Å². The summed E-state index contributed by atoms with van der Waals surface area (Å²) in [7, 11) is 0.